The van der Waals surface area contributed by atoms with Crippen molar-refractivity contribution in [2.24, 2.45) is 5.92 Å². The summed E-state index contributed by atoms with van der Waals surface area (Å²) >= 11 is 0. The minimum atomic E-state index is 0.472. The molecule has 0 spiro atoms. The number of hydrogen-bond donors (Lipinski definition) is 1. The zero-order valence-electron chi connectivity index (χ0n) is 8.96. The quantitative estimate of drug-likeness (QED) is 0.748. The van der Waals surface area contributed by atoms with Gasteiger partial charge in [0.1, 0.15) is 0 Å². The number of aryl methyl sites for hydroxylation is 1. The number of rotatable bonds is 3. The molecule has 1 N–H and O–H groups in total. The van der Waals surface area contributed by atoms with Gasteiger partial charge < -0.3 is 5.32 Å². The van der Waals surface area contributed by atoms with Crippen molar-refractivity contribution < 1.29 is 0 Å². The molecule has 0 heterocycles. The number of nitrogens with one attached hydrogen (secondary N) is 1. The molecular weight excluding hydrogens is 158 g/mol. The first-order chi connectivity index (χ1) is 6.15. The second-order valence-electron chi connectivity index (χ2n) is 3.92. The predicted molar refractivity (Wildman–Crippen MR) is 57.8 cm³/mol. The first kappa shape index (κ1) is 10.3. The Morgan fingerprint density at radius 3 is 2.38 bits per heavy atom. The molecule has 1 nitrogen and oxygen atoms in total. The second kappa shape index (κ2) is 4.43. The van der Waals surface area contributed by atoms with Crippen LogP contribution in [0.1, 0.15) is 31.0 Å². The van der Waals surface area contributed by atoms with Gasteiger partial charge in [-0.05, 0) is 25.5 Å². The molecule has 13 heavy (non-hydrogen) atoms. The fraction of sp³-hybridized carbons (Fsp3) is 0.500. The molecule has 72 valence electrons. The van der Waals surface area contributed by atoms with Gasteiger partial charge in [0, 0.05) is 6.04 Å². The molecule has 1 heteroatoms. The highest BCUT2D eigenvalue weighted by atomic mass is 14.9. The van der Waals surface area contributed by atoms with Gasteiger partial charge in [-0.1, -0.05) is 43.7 Å². The zero-order valence-corrected chi connectivity index (χ0v) is 8.96. The summed E-state index contributed by atoms with van der Waals surface area (Å²) in [7, 11) is 2.02. The number of hydrogen-bond acceptors (Lipinski definition) is 1. The topological polar surface area (TPSA) is 12.0 Å². The average molecular weight is 177 g/mol. The molecule has 1 atom stereocenters. The van der Waals surface area contributed by atoms with Gasteiger partial charge in [-0.2, -0.15) is 0 Å². The third kappa shape index (κ3) is 2.56. The van der Waals surface area contributed by atoms with E-state index in [0.29, 0.717) is 12.0 Å². The third-order valence-corrected chi connectivity index (χ3v) is 2.38. The summed E-state index contributed by atoms with van der Waals surface area (Å²) < 4.78 is 0. The van der Waals surface area contributed by atoms with Crippen molar-refractivity contribution in [3.8, 4) is 0 Å². The van der Waals surface area contributed by atoms with Crippen LogP contribution in [-0.2, 0) is 0 Å². The van der Waals surface area contributed by atoms with Crippen LogP contribution < -0.4 is 5.32 Å². The first-order valence-corrected chi connectivity index (χ1v) is 4.89. The SMILES string of the molecule is CNC(c1cccc(C)c1)C(C)C. The van der Waals surface area contributed by atoms with Crippen molar-refractivity contribution in [3.63, 3.8) is 0 Å². The van der Waals surface area contributed by atoms with E-state index in [9.17, 15) is 0 Å². The van der Waals surface area contributed by atoms with Crippen molar-refractivity contribution in [1.82, 2.24) is 5.32 Å². The van der Waals surface area contributed by atoms with Gasteiger partial charge in [0.15, 0.2) is 0 Å². The molecule has 0 fully saturated rings. The standard InChI is InChI=1S/C12H19N/c1-9(2)12(13-4)11-7-5-6-10(3)8-11/h5-9,12-13H,1-4H3. The van der Waals surface area contributed by atoms with E-state index < -0.39 is 0 Å². The molecule has 1 aromatic rings. The molecular formula is C12H19N. The molecule has 0 aromatic heterocycles. The van der Waals surface area contributed by atoms with Crippen LogP contribution >= 0.6 is 0 Å². The Bertz CT molecular complexity index is 266. The van der Waals surface area contributed by atoms with Gasteiger partial charge in [-0.25, -0.2) is 0 Å². The smallest absolute Gasteiger partial charge is 0.0340 e. The van der Waals surface area contributed by atoms with E-state index in [1.54, 1.807) is 0 Å². The molecule has 1 rings (SSSR count). The Balaban J connectivity index is 2.91. The van der Waals surface area contributed by atoms with E-state index in [1.165, 1.54) is 11.1 Å². The summed E-state index contributed by atoms with van der Waals surface area (Å²) in [5.74, 6) is 0.631. The Hall–Kier alpha value is -0.820. The van der Waals surface area contributed by atoms with Crippen molar-refractivity contribution in [2.75, 3.05) is 7.05 Å². The van der Waals surface area contributed by atoms with E-state index in [1.807, 2.05) is 7.05 Å². The largest absolute Gasteiger partial charge is 0.313 e. The average Bonchev–Trinajstić information content (AvgIpc) is 2.04. The highest BCUT2D eigenvalue weighted by Crippen LogP contribution is 2.21. The van der Waals surface area contributed by atoms with Crippen LogP contribution in [0.5, 0.6) is 0 Å². The van der Waals surface area contributed by atoms with Crippen LogP contribution in [0.2, 0.25) is 0 Å². The van der Waals surface area contributed by atoms with Crippen molar-refractivity contribution in [1.29, 1.82) is 0 Å². The second-order valence-corrected chi connectivity index (χ2v) is 3.92. The summed E-state index contributed by atoms with van der Waals surface area (Å²) in [5.41, 5.74) is 2.72. The van der Waals surface area contributed by atoms with E-state index in [-0.39, 0.29) is 0 Å². The van der Waals surface area contributed by atoms with Gasteiger partial charge in [-0.3, -0.25) is 0 Å². The highest BCUT2D eigenvalue weighted by Gasteiger charge is 2.12. The summed E-state index contributed by atoms with van der Waals surface area (Å²) in [5, 5.41) is 3.34. The monoisotopic (exact) mass is 177 g/mol. The van der Waals surface area contributed by atoms with Crippen LogP contribution in [0.15, 0.2) is 24.3 Å². The maximum Gasteiger partial charge on any atom is 0.0340 e. The van der Waals surface area contributed by atoms with Crippen LogP contribution in [-0.4, -0.2) is 7.05 Å². The summed E-state index contributed by atoms with van der Waals surface area (Å²) in [6, 6.07) is 9.17. The maximum absolute atomic E-state index is 3.34. The lowest BCUT2D eigenvalue weighted by atomic mass is 9.95. The first-order valence-electron chi connectivity index (χ1n) is 4.89. The van der Waals surface area contributed by atoms with Crippen LogP contribution in [0.4, 0.5) is 0 Å². The van der Waals surface area contributed by atoms with Crippen molar-refractivity contribution in [2.45, 2.75) is 26.8 Å². The third-order valence-electron chi connectivity index (χ3n) is 2.38. The minimum absolute atomic E-state index is 0.472. The molecule has 0 aliphatic rings. The summed E-state index contributed by atoms with van der Waals surface area (Å²) in [4.78, 5) is 0. The summed E-state index contributed by atoms with van der Waals surface area (Å²) in [6.45, 7) is 6.61. The fourth-order valence-corrected chi connectivity index (χ4v) is 1.75. The Labute approximate surface area is 81.2 Å². The lowest BCUT2D eigenvalue weighted by Gasteiger charge is -2.20. The Kier molecular flexibility index (Phi) is 3.49. The summed E-state index contributed by atoms with van der Waals surface area (Å²) in [6.07, 6.45) is 0. The molecule has 1 aromatic carbocycles. The molecule has 0 aliphatic heterocycles. The van der Waals surface area contributed by atoms with E-state index in [2.05, 4.69) is 50.4 Å². The number of benzene rings is 1. The van der Waals surface area contributed by atoms with Gasteiger partial charge in [0.2, 0.25) is 0 Å². The highest BCUT2D eigenvalue weighted by molar-refractivity contribution is 5.25. The van der Waals surface area contributed by atoms with Crippen molar-refractivity contribution in [3.05, 3.63) is 35.4 Å². The predicted octanol–water partition coefficient (Wildman–Crippen LogP) is 2.91. The zero-order chi connectivity index (χ0) is 9.84. The van der Waals surface area contributed by atoms with Gasteiger partial charge >= 0.3 is 0 Å². The Morgan fingerprint density at radius 1 is 1.23 bits per heavy atom. The molecule has 0 bridgehead atoms. The minimum Gasteiger partial charge on any atom is -0.313 e. The Morgan fingerprint density at radius 2 is 1.92 bits per heavy atom. The lowest BCUT2D eigenvalue weighted by Crippen LogP contribution is -2.21. The van der Waals surface area contributed by atoms with Gasteiger partial charge in [-0.15, -0.1) is 0 Å². The molecule has 0 saturated heterocycles. The van der Waals surface area contributed by atoms with Crippen LogP contribution in [0.3, 0.4) is 0 Å². The van der Waals surface area contributed by atoms with Crippen LogP contribution in [0.25, 0.3) is 0 Å². The van der Waals surface area contributed by atoms with Crippen LogP contribution in [0, 0.1) is 12.8 Å². The molecule has 0 aliphatic carbocycles. The maximum atomic E-state index is 3.34. The van der Waals surface area contributed by atoms with Gasteiger partial charge in [0.25, 0.3) is 0 Å². The van der Waals surface area contributed by atoms with E-state index in [4.69, 9.17) is 0 Å². The molecule has 0 amide bonds. The molecule has 0 radical (unpaired) electrons. The lowest BCUT2D eigenvalue weighted by molar-refractivity contribution is 0.443. The van der Waals surface area contributed by atoms with E-state index in [0.717, 1.165) is 0 Å². The molecule has 1 unspecified atom stereocenters. The fourth-order valence-electron chi connectivity index (χ4n) is 1.75. The molecule has 0 saturated carbocycles. The van der Waals surface area contributed by atoms with Crippen molar-refractivity contribution >= 4 is 0 Å². The normalized spacial score (nSPS) is 13.3. The van der Waals surface area contributed by atoms with E-state index >= 15 is 0 Å². The van der Waals surface area contributed by atoms with Gasteiger partial charge in [0.05, 0.1) is 0 Å².